The zero-order valence-corrected chi connectivity index (χ0v) is 16.4. The SMILES string of the molecule is CC1(C)CC1C(=O)N1CCN(C(c2ccc(F)cc2)c2ccc(F)cc2)CC1. The van der Waals surface area contributed by atoms with Crippen molar-refractivity contribution in [2.24, 2.45) is 11.3 Å². The molecule has 1 atom stereocenters. The van der Waals surface area contributed by atoms with Crippen LogP contribution in [0.3, 0.4) is 0 Å². The standard InChI is InChI=1S/C23H26F2N2O/c1-23(2)15-20(23)22(28)27-13-11-26(12-14-27)21(16-3-7-18(24)8-4-16)17-5-9-19(25)10-6-17/h3-10,20-21H,11-15H2,1-2H3. The summed E-state index contributed by atoms with van der Waals surface area (Å²) in [4.78, 5) is 17.0. The lowest BCUT2D eigenvalue weighted by atomic mass is 9.96. The fourth-order valence-electron chi connectivity index (χ4n) is 4.21. The van der Waals surface area contributed by atoms with Gasteiger partial charge in [-0.25, -0.2) is 8.78 Å². The van der Waals surface area contributed by atoms with Gasteiger partial charge < -0.3 is 4.90 Å². The van der Waals surface area contributed by atoms with E-state index >= 15 is 0 Å². The molecule has 1 unspecified atom stereocenters. The molecule has 148 valence electrons. The van der Waals surface area contributed by atoms with Gasteiger partial charge in [0.2, 0.25) is 5.91 Å². The third-order valence-corrected chi connectivity index (χ3v) is 6.17. The normalized spacial score (nSPS) is 21.8. The van der Waals surface area contributed by atoms with Crippen molar-refractivity contribution in [1.29, 1.82) is 0 Å². The summed E-state index contributed by atoms with van der Waals surface area (Å²) in [6.45, 7) is 7.13. The summed E-state index contributed by atoms with van der Waals surface area (Å²) in [5.41, 5.74) is 2.08. The Morgan fingerprint density at radius 2 is 1.32 bits per heavy atom. The van der Waals surface area contributed by atoms with Crippen LogP contribution in [-0.4, -0.2) is 41.9 Å². The molecule has 28 heavy (non-hydrogen) atoms. The van der Waals surface area contributed by atoms with Crippen LogP contribution in [0.15, 0.2) is 48.5 Å². The minimum atomic E-state index is -0.274. The molecule has 1 aliphatic heterocycles. The molecule has 0 spiro atoms. The van der Waals surface area contributed by atoms with E-state index in [-0.39, 0.29) is 34.9 Å². The quantitative estimate of drug-likeness (QED) is 0.787. The van der Waals surface area contributed by atoms with Crippen molar-refractivity contribution >= 4 is 5.91 Å². The van der Waals surface area contributed by atoms with Gasteiger partial charge in [0.25, 0.3) is 0 Å². The van der Waals surface area contributed by atoms with Crippen LogP contribution in [-0.2, 0) is 4.79 Å². The maximum atomic E-state index is 13.4. The number of nitrogens with zero attached hydrogens (tertiary/aromatic N) is 2. The van der Waals surface area contributed by atoms with E-state index in [0.29, 0.717) is 13.1 Å². The van der Waals surface area contributed by atoms with Crippen LogP contribution in [0.2, 0.25) is 0 Å². The Balaban J connectivity index is 1.52. The van der Waals surface area contributed by atoms with Gasteiger partial charge in [0.05, 0.1) is 6.04 Å². The molecule has 2 fully saturated rings. The van der Waals surface area contributed by atoms with Crippen molar-refractivity contribution < 1.29 is 13.6 Å². The molecule has 0 N–H and O–H groups in total. The average Bonchev–Trinajstić information content (AvgIpc) is 3.33. The van der Waals surface area contributed by atoms with Gasteiger partial charge in [0, 0.05) is 32.1 Å². The lowest BCUT2D eigenvalue weighted by Gasteiger charge is -2.40. The minimum Gasteiger partial charge on any atom is -0.340 e. The number of carbonyl (C=O) groups excluding carboxylic acids is 1. The van der Waals surface area contributed by atoms with E-state index in [1.54, 1.807) is 24.3 Å². The molecule has 0 aromatic heterocycles. The van der Waals surface area contributed by atoms with E-state index in [4.69, 9.17) is 0 Å². The summed E-state index contributed by atoms with van der Waals surface area (Å²) in [5, 5.41) is 0. The highest BCUT2D eigenvalue weighted by molar-refractivity contribution is 5.82. The summed E-state index contributed by atoms with van der Waals surface area (Å²) in [5.74, 6) is -0.123. The van der Waals surface area contributed by atoms with Crippen LogP contribution >= 0.6 is 0 Å². The second kappa shape index (κ2) is 7.28. The van der Waals surface area contributed by atoms with Gasteiger partial charge in [0.15, 0.2) is 0 Å². The van der Waals surface area contributed by atoms with Crippen LogP contribution < -0.4 is 0 Å². The maximum absolute atomic E-state index is 13.4. The number of amides is 1. The molecular formula is C23H26F2N2O. The predicted molar refractivity (Wildman–Crippen MR) is 105 cm³/mol. The molecule has 0 bridgehead atoms. The van der Waals surface area contributed by atoms with Crippen LogP contribution in [0, 0.1) is 23.0 Å². The predicted octanol–water partition coefficient (Wildman–Crippen LogP) is 4.24. The number of piperazine rings is 1. The van der Waals surface area contributed by atoms with Crippen LogP contribution in [0.5, 0.6) is 0 Å². The second-order valence-corrected chi connectivity index (χ2v) is 8.61. The van der Waals surface area contributed by atoms with Gasteiger partial charge >= 0.3 is 0 Å². The molecule has 1 amide bonds. The Morgan fingerprint density at radius 3 is 1.71 bits per heavy atom. The van der Waals surface area contributed by atoms with Crippen LogP contribution in [0.1, 0.15) is 37.4 Å². The number of hydrogen-bond acceptors (Lipinski definition) is 2. The number of hydrogen-bond donors (Lipinski definition) is 0. The molecule has 0 radical (unpaired) electrons. The number of benzene rings is 2. The highest BCUT2D eigenvalue weighted by Crippen LogP contribution is 2.52. The topological polar surface area (TPSA) is 23.6 Å². The zero-order valence-electron chi connectivity index (χ0n) is 16.4. The van der Waals surface area contributed by atoms with Crippen molar-refractivity contribution in [3.63, 3.8) is 0 Å². The largest absolute Gasteiger partial charge is 0.340 e. The van der Waals surface area contributed by atoms with Gasteiger partial charge in [-0.05, 0) is 47.2 Å². The lowest BCUT2D eigenvalue weighted by Crippen LogP contribution is -2.50. The van der Waals surface area contributed by atoms with Crippen LogP contribution in [0.4, 0.5) is 8.78 Å². The van der Waals surface area contributed by atoms with Crippen molar-refractivity contribution in [2.75, 3.05) is 26.2 Å². The Morgan fingerprint density at radius 1 is 0.893 bits per heavy atom. The first-order valence-electron chi connectivity index (χ1n) is 9.89. The molecule has 1 aliphatic carbocycles. The summed E-state index contributed by atoms with van der Waals surface area (Å²) in [6, 6.07) is 12.9. The van der Waals surface area contributed by atoms with Gasteiger partial charge in [-0.1, -0.05) is 38.1 Å². The molecule has 1 saturated heterocycles. The Bertz CT molecular complexity index is 794. The fourth-order valence-corrected chi connectivity index (χ4v) is 4.21. The lowest BCUT2D eigenvalue weighted by molar-refractivity contribution is -0.135. The van der Waals surface area contributed by atoms with E-state index in [1.807, 2.05) is 4.90 Å². The average molecular weight is 384 g/mol. The van der Waals surface area contributed by atoms with E-state index in [2.05, 4.69) is 18.7 Å². The van der Waals surface area contributed by atoms with Crippen molar-refractivity contribution in [1.82, 2.24) is 9.80 Å². The van der Waals surface area contributed by atoms with Crippen molar-refractivity contribution in [3.8, 4) is 0 Å². The third kappa shape index (κ3) is 3.81. The molecule has 2 aromatic rings. The molecular weight excluding hydrogens is 358 g/mol. The molecule has 3 nitrogen and oxygen atoms in total. The zero-order chi connectivity index (χ0) is 19.9. The van der Waals surface area contributed by atoms with Gasteiger partial charge in [-0.15, -0.1) is 0 Å². The number of halogens is 2. The van der Waals surface area contributed by atoms with Crippen molar-refractivity contribution in [2.45, 2.75) is 26.3 Å². The minimum absolute atomic E-state index is 0.0872. The molecule has 2 aliphatic rings. The van der Waals surface area contributed by atoms with E-state index in [1.165, 1.54) is 24.3 Å². The van der Waals surface area contributed by atoms with Gasteiger partial charge in [-0.2, -0.15) is 0 Å². The summed E-state index contributed by atoms with van der Waals surface area (Å²) >= 11 is 0. The highest BCUT2D eigenvalue weighted by atomic mass is 19.1. The third-order valence-electron chi connectivity index (χ3n) is 6.17. The van der Waals surface area contributed by atoms with Crippen molar-refractivity contribution in [3.05, 3.63) is 71.3 Å². The van der Waals surface area contributed by atoms with Crippen LogP contribution in [0.25, 0.3) is 0 Å². The Labute approximate surface area is 165 Å². The molecule has 1 saturated carbocycles. The number of rotatable bonds is 4. The second-order valence-electron chi connectivity index (χ2n) is 8.61. The fraction of sp³-hybridized carbons (Fsp3) is 0.435. The van der Waals surface area contributed by atoms with Gasteiger partial charge in [-0.3, -0.25) is 9.69 Å². The van der Waals surface area contributed by atoms with Gasteiger partial charge in [0.1, 0.15) is 11.6 Å². The Kier molecular flexibility index (Phi) is 4.96. The molecule has 5 heteroatoms. The maximum Gasteiger partial charge on any atom is 0.226 e. The Hall–Kier alpha value is -2.27. The van der Waals surface area contributed by atoms with E-state index < -0.39 is 0 Å². The smallest absolute Gasteiger partial charge is 0.226 e. The number of carbonyl (C=O) groups is 1. The first kappa shape index (κ1) is 19.1. The monoisotopic (exact) mass is 384 g/mol. The first-order valence-corrected chi connectivity index (χ1v) is 9.89. The highest BCUT2D eigenvalue weighted by Gasteiger charge is 2.52. The van der Waals surface area contributed by atoms with E-state index in [9.17, 15) is 13.6 Å². The van der Waals surface area contributed by atoms with E-state index in [0.717, 1.165) is 30.6 Å². The molecule has 2 aromatic carbocycles. The summed E-state index contributed by atoms with van der Waals surface area (Å²) in [6.07, 6.45) is 0.972. The summed E-state index contributed by atoms with van der Waals surface area (Å²) in [7, 11) is 0. The molecule has 4 rings (SSSR count). The summed E-state index contributed by atoms with van der Waals surface area (Å²) < 4.78 is 26.8. The first-order chi connectivity index (χ1) is 13.3. The molecule has 1 heterocycles.